The van der Waals surface area contributed by atoms with Crippen molar-refractivity contribution in [3.05, 3.63) is 5.69 Å². The number of imidazole rings is 1. The standard InChI is InChI=1S/C19H35N7O2/c1-11(2)14(27)24-16-23-13-12(15(28)25-16)22-17(26(13)19(6,7)8)20-9-10-21-18(3,4)5/h11,15,21,28H,9-10H2,1-8H3,(H,20,22)(H2,23,24,25,27). The van der Waals surface area contributed by atoms with Gasteiger partial charge in [-0.25, -0.2) is 9.98 Å². The molecule has 1 atom stereocenters. The molecule has 2 heterocycles. The summed E-state index contributed by atoms with van der Waals surface area (Å²) in [6, 6.07) is 0. The molecular formula is C19H35N7O2. The lowest BCUT2D eigenvalue weighted by molar-refractivity contribution is -0.122. The fraction of sp³-hybridized carbons (Fsp3) is 0.737. The first-order valence-electron chi connectivity index (χ1n) is 9.75. The number of aliphatic imine (C=N–C) groups is 1. The molecule has 1 aliphatic heterocycles. The van der Waals surface area contributed by atoms with Crippen LogP contribution in [0, 0.1) is 5.92 Å². The molecule has 0 saturated carbocycles. The van der Waals surface area contributed by atoms with Crippen LogP contribution >= 0.6 is 0 Å². The zero-order chi connectivity index (χ0) is 21.3. The van der Waals surface area contributed by atoms with Gasteiger partial charge in [0.25, 0.3) is 0 Å². The van der Waals surface area contributed by atoms with Gasteiger partial charge < -0.3 is 21.1 Å². The average molecular weight is 394 g/mol. The van der Waals surface area contributed by atoms with Crippen molar-refractivity contribution in [3.63, 3.8) is 0 Å². The van der Waals surface area contributed by atoms with Gasteiger partial charge in [0.05, 0.1) is 0 Å². The number of hydrogen-bond donors (Lipinski definition) is 5. The second-order valence-corrected chi connectivity index (χ2v) is 9.40. The van der Waals surface area contributed by atoms with Gasteiger partial charge in [-0.15, -0.1) is 0 Å². The first-order valence-corrected chi connectivity index (χ1v) is 9.75. The molecule has 0 saturated heterocycles. The van der Waals surface area contributed by atoms with Crippen molar-refractivity contribution in [2.75, 3.05) is 23.7 Å². The van der Waals surface area contributed by atoms with Gasteiger partial charge in [0, 0.05) is 30.1 Å². The number of fused-ring (bicyclic) bond motifs is 1. The summed E-state index contributed by atoms with van der Waals surface area (Å²) in [4.78, 5) is 20.7. The lowest BCUT2D eigenvalue weighted by Gasteiger charge is -2.29. The van der Waals surface area contributed by atoms with Gasteiger partial charge in [-0.1, -0.05) is 13.8 Å². The Bertz CT molecular complexity index is 739. The smallest absolute Gasteiger partial charge is 0.229 e. The Morgan fingerprint density at radius 1 is 1.21 bits per heavy atom. The molecule has 1 aromatic heterocycles. The minimum Gasteiger partial charge on any atom is -0.366 e. The van der Waals surface area contributed by atoms with Gasteiger partial charge in [-0.05, 0) is 41.5 Å². The van der Waals surface area contributed by atoms with E-state index in [4.69, 9.17) is 0 Å². The van der Waals surface area contributed by atoms with Crippen molar-refractivity contribution < 1.29 is 9.90 Å². The largest absolute Gasteiger partial charge is 0.366 e. The number of carbonyl (C=O) groups excluding carboxylic acids is 1. The summed E-state index contributed by atoms with van der Waals surface area (Å²) in [5, 5.41) is 23.1. The Balaban J connectivity index is 2.24. The van der Waals surface area contributed by atoms with E-state index in [0.29, 0.717) is 24.0 Å². The van der Waals surface area contributed by atoms with Crippen LogP contribution in [-0.4, -0.2) is 45.2 Å². The van der Waals surface area contributed by atoms with Gasteiger partial charge in [0.1, 0.15) is 11.5 Å². The van der Waals surface area contributed by atoms with Crippen LogP contribution < -0.4 is 21.3 Å². The Kier molecular flexibility index (Phi) is 6.40. The normalized spacial score (nSPS) is 17.1. The summed E-state index contributed by atoms with van der Waals surface area (Å²) >= 11 is 0. The first kappa shape index (κ1) is 22.2. The number of carbonyl (C=O) groups is 1. The predicted octanol–water partition coefficient (Wildman–Crippen LogP) is 1.98. The molecule has 0 radical (unpaired) electrons. The Hall–Kier alpha value is -2.13. The molecule has 2 rings (SSSR count). The molecule has 5 N–H and O–H groups in total. The lowest BCUT2D eigenvalue weighted by atomic mass is 10.1. The van der Waals surface area contributed by atoms with E-state index in [1.165, 1.54) is 0 Å². The predicted molar refractivity (Wildman–Crippen MR) is 112 cm³/mol. The summed E-state index contributed by atoms with van der Waals surface area (Å²) in [7, 11) is 0. The third-order valence-electron chi connectivity index (χ3n) is 4.14. The van der Waals surface area contributed by atoms with E-state index in [1.54, 1.807) is 13.8 Å². The topological polar surface area (TPSA) is 116 Å². The number of amides is 1. The van der Waals surface area contributed by atoms with E-state index in [0.717, 1.165) is 6.54 Å². The third-order valence-corrected chi connectivity index (χ3v) is 4.14. The number of nitrogens with one attached hydrogen (secondary N) is 4. The maximum Gasteiger partial charge on any atom is 0.229 e. The summed E-state index contributed by atoms with van der Waals surface area (Å²) in [5.41, 5.74) is 0.163. The highest BCUT2D eigenvalue weighted by atomic mass is 16.3. The van der Waals surface area contributed by atoms with Crippen molar-refractivity contribution in [1.29, 1.82) is 0 Å². The van der Waals surface area contributed by atoms with Gasteiger partial charge >= 0.3 is 0 Å². The number of anilines is 2. The highest BCUT2D eigenvalue weighted by Crippen LogP contribution is 2.35. The second-order valence-electron chi connectivity index (χ2n) is 9.40. The van der Waals surface area contributed by atoms with Crippen LogP contribution in [0.2, 0.25) is 0 Å². The minimum atomic E-state index is -1.14. The molecule has 28 heavy (non-hydrogen) atoms. The van der Waals surface area contributed by atoms with Crippen LogP contribution in [0.3, 0.4) is 0 Å². The molecule has 0 aliphatic carbocycles. The van der Waals surface area contributed by atoms with Gasteiger partial charge in [0.2, 0.25) is 17.8 Å². The quantitative estimate of drug-likeness (QED) is 0.489. The molecule has 1 amide bonds. The number of guanidine groups is 1. The molecule has 9 heteroatoms. The summed E-state index contributed by atoms with van der Waals surface area (Å²) in [5.74, 6) is 1.13. The van der Waals surface area contributed by atoms with Crippen LogP contribution in [-0.2, 0) is 10.3 Å². The third kappa shape index (κ3) is 5.45. The highest BCUT2D eigenvalue weighted by Gasteiger charge is 2.32. The number of nitrogens with zero attached hydrogens (tertiary/aromatic N) is 3. The number of aliphatic hydroxyl groups excluding tert-OH is 1. The van der Waals surface area contributed by atoms with Crippen molar-refractivity contribution >= 4 is 23.6 Å². The van der Waals surface area contributed by atoms with Crippen LogP contribution in [0.15, 0.2) is 4.99 Å². The van der Waals surface area contributed by atoms with E-state index in [1.807, 2.05) is 4.57 Å². The van der Waals surface area contributed by atoms with Crippen LogP contribution in [0.1, 0.15) is 67.3 Å². The molecule has 0 spiro atoms. The summed E-state index contributed by atoms with van der Waals surface area (Å²) < 4.78 is 1.98. The van der Waals surface area contributed by atoms with Crippen molar-refractivity contribution in [1.82, 2.24) is 20.2 Å². The number of aliphatic hydroxyl groups is 1. The average Bonchev–Trinajstić information content (AvgIpc) is 2.89. The van der Waals surface area contributed by atoms with Gasteiger partial charge in [-0.3, -0.25) is 14.7 Å². The molecule has 1 aliphatic rings. The highest BCUT2D eigenvalue weighted by molar-refractivity contribution is 6.05. The summed E-state index contributed by atoms with van der Waals surface area (Å²) in [6.07, 6.45) is -1.14. The molecule has 0 aromatic carbocycles. The first-order chi connectivity index (χ1) is 12.8. The number of hydrogen-bond acceptors (Lipinski definition) is 7. The van der Waals surface area contributed by atoms with Gasteiger partial charge in [0.15, 0.2) is 6.23 Å². The Labute approximate surface area is 167 Å². The lowest BCUT2D eigenvalue weighted by Crippen LogP contribution is -2.41. The maximum atomic E-state index is 12.0. The van der Waals surface area contributed by atoms with Gasteiger partial charge in [-0.2, -0.15) is 0 Å². The van der Waals surface area contributed by atoms with E-state index in [-0.39, 0.29) is 28.9 Å². The van der Waals surface area contributed by atoms with Crippen LogP contribution in [0.4, 0.5) is 11.8 Å². The molecule has 9 nitrogen and oxygen atoms in total. The monoisotopic (exact) mass is 393 g/mol. The molecule has 158 valence electrons. The van der Waals surface area contributed by atoms with Crippen LogP contribution in [0.5, 0.6) is 0 Å². The minimum absolute atomic E-state index is 0.0372. The maximum absolute atomic E-state index is 12.0. The molecule has 0 fully saturated rings. The van der Waals surface area contributed by atoms with E-state index in [9.17, 15) is 9.90 Å². The molecule has 0 bridgehead atoms. The molecule has 1 unspecified atom stereocenters. The molecule has 1 aromatic rings. The Morgan fingerprint density at radius 2 is 1.86 bits per heavy atom. The van der Waals surface area contributed by atoms with Crippen LogP contribution in [0.25, 0.3) is 0 Å². The van der Waals surface area contributed by atoms with E-state index < -0.39 is 6.23 Å². The SMILES string of the molecule is CC(C)C(=O)NC1=NC(O)c2nc(NCCNC(C)(C)C)n(C(C)(C)C)c2N1. The molecular weight excluding hydrogens is 358 g/mol. The van der Waals surface area contributed by atoms with E-state index >= 15 is 0 Å². The zero-order valence-electron chi connectivity index (χ0n) is 18.3. The van der Waals surface area contributed by atoms with Crippen molar-refractivity contribution in [3.8, 4) is 0 Å². The number of rotatable bonds is 5. The number of aromatic nitrogens is 2. The Morgan fingerprint density at radius 3 is 2.39 bits per heavy atom. The fourth-order valence-electron chi connectivity index (χ4n) is 2.77. The summed E-state index contributed by atoms with van der Waals surface area (Å²) in [6.45, 7) is 17.6. The van der Waals surface area contributed by atoms with E-state index in [2.05, 4.69) is 72.8 Å². The van der Waals surface area contributed by atoms with Crippen molar-refractivity contribution in [2.24, 2.45) is 10.9 Å². The second kappa shape index (κ2) is 8.08. The zero-order valence-corrected chi connectivity index (χ0v) is 18.3. The van der Waals surface area contributed by atoms with Crippen molar-refractivity contribution in [2.45, 2.75) is 72.7 Å². The fourth-order valence-corrected chi connectivity index (χ4v) is 2.77.